The normalized spacial score (nSPS) is 20.6. The largest absolute Gasteiger partial charge is 0.464 e. The van der Waals surface area contributed by atoms with E-state index in [0.29, 0.717) is 11.6 Å². The van der Waals surface area contributed by atoms with Crippen LogP contribution in [0.5, 0.6) is 0 Å². The Balaban J connectivity index is 1.96. The highest BCUT2D eigenvalue weighted by Gasteiger charge is 2.45. The number of rotatable bonds is 2. The Hall–Kier alpha value is -1.33. The highest BCUT2D eigenvalue weighted by atomic mass is 35.5. The molecule has 6 heteroatoms. The van der Waals surface area contributed by atoms with E-state index in [2.05, 4.69) is 9.88 Å². The summed E-state index contributed by atoms with van der Waals surface area (Å²) < 4.78 is 10.3. The number of hydrogen-bond donors (Lipinski definition) is 0. The molecule has 1 saturated heterocycles. The van der Waals surface area contributed by atoms with Crippen LogP contribution in [0.3, 0.4) is 0 Å². The SMILES string of the molecule is COC(=O)c1cc(Cl)cc(N2CCOCC23CCC3)n1. The van der Waals surface area contributed by atoms with E-state index in [4.69, 9.17) is 21.1 Å². The molecule has 2 aliphatic rings. The van der Waals surface area contributed by atoms with Gasteiger partial charge >= 0.3 is 5.97 Å². The second kappa shape index (κ2) is 5.22. The fourth-order valence-corrected chi connectivity index (χ4v) is 3.12. The molecule has 2 fully saturated rings. The summed E-state index contributed by atoms with van der Waals surface area (Å²) in [5.74, 6) is 0.269. The van der Waals surface area contributed by atoms with Crippen LogP contribution in [0.15, 0.2) is 12.1 Å². The number of aromatic nitrogens is 1. The molecule has 0 unspecified atom stereocenters. The molecule has 0 bridgehead atoms. The molecule has 2 heterocycles. The van der Waals surface area contributed by atoms with Crippen LogP contribution in [0.1, 0.15) is 29.8 Å². The summed E-state index contributed by atoms with van der Waals surface area (Å²) in [6.45, 7) is 2.16. The van der Waals surface area contributed by atoms with Crippen LogP contribution in [0, 0.1) is 0 Å². The standard InChI is InChI=1S/C14H17ClN2O3/c1-19-13(18)11-7-10(15)8-12(16-11)17-5-6-20-9-14(17)3-2-4-14/h7-8H,2-6,9H2,1H3. The quantitative estimate of drug-likeness (QED) is 0.784. The van der Waals surface area contributed by atoms with Gasteiger partial charge in [0.2, 0.25) is 0 Å². The molecule has 0 amide bonds. The van der Waals surface area contributed by atoms with Gasteiger partial charge in [0.25, 0.3) is 0 Å². The van der Waals surface area contributed by atoms with Gasteiger partial charge in [-0.1, -0.05) is 11.6 Å². The van der Waals surface area contributed by atoms with Crippen molar-refractivity contribution in [2.24, 2.45) is 0 Å². The maximum absolute atomic E-state index is 11.7. The van der Waals surface area contributed by atoms with Crippen LogP contribution in [-0.2, 0) is 9.47 Å². The first-order chi connectivity index (χ1) is 9.64. The fraction of sp³-hybridized carbons (Fsp3) is 0.571. The molecule has 0 atom stereocenters. The second-order valence-electron chi connectivity index (χ2n) is 5.30. The van der Waals surface area contributed by atoms with Crippen molar-refractivity contribution in [3.63, 3.8) is 0 Å². The minimum atomic E-state index is -0.468. The minimum absolute atomic E-state index is 0.0311. The van der Waals surface area contributed by atoms with Gasteiger partial charge in [0.15, 0.2) is 5.69 Å². The van der Waals surface area contributed by atoms with Gasteiger partial charge in [0, 0.05) is 11.6 Å². The zero-order chi connectivity index (χ0) is 14.2. The van der Waals surface area contributed by atoms with E-state index >= 15 is 0 Å². The smallest absolute Gasteiger partial charge is 0.356 e. The van der Waals surface area contributed by atoms with Crippen molar-refractivity contribution >= 4 is 23.4 Å². The number of halogens is 1. The third-order valence-corrected chi connectivity index (χ3v) is 4.35. The van der Waals surface area contributed by atoms with Crippen molar-refractivity contribution in [1.29, 1.82) is 0 Å². The van der Waals surface area contributed by atoms with Crippen LogP contribution in [0.4, 0.5) is 5.82 Å². The lowest BCUT2D eigenvalue weighted by Gasteiger charge is -2.53. The molecule has 1 aliphatic carbocycles. The summed E-state index contributed by atoms with van der Waals surface area (Å²) in [6, 6.07) is 3.34. The number of pyridine rings is 1. The summed E-state index contributed by atoms with van der Waals surface area (Å²) in [5, 5.41) is 0.497. The van der Waals surface area contributed by atoms with Gasteiger partial charge in [-0.05, 0) is 31.4 Å². The molecule has 5 nitrogen and oxygen atoms in total. The van der Waals surface area contributed by atoms with Crippen molar-refractivity contribution in [2.45, 2.75) is 24.8 Å². The number of morpholine rings is 1. The molecule has 1 saturated carbocycles. The zero-order valence-electron chi connectivity index (χ0n) is 11.4. The molecule has 0 N–H and O–H groups in total. The van der Waals surface area contributed by atoms with E-state index in [1.54, 1.807) is 6.07 Å². The zero-order valence-corrected chi connectivity index (χ0v) is 12.2. The van der Waals surface area contributed by atoms with Gasteiger partial charge < -0.3 is 14.4 Å². The Kier molecular flexibility index (Phi) is 3.56. The van der Waals surface area contributed by atoms with Crippen molar-refractivity contribution in [1.82, 2.24) is 4.98 Å². The number of ether oxygens (including phenoxy) is 2. The highest BCUT2D eigenvalue weighted by Crippen LogP contribution is 2.42. The third-order valence-electron chi connectivity index (χ3n) is 4.13. The molecule has 1 aromatic rings. The Labute approximate surface area is 122 Å². The monoisotopic (exact) mass is 296 g/mol. The predicted molar refractivity (Wildman–Crippen MR) is 75.3 cm³/mol. The Bertz CT molecular complexity index is 531. The van der Waals surface area contributed by atoms with Gasteiger partial charge in [0.05, 0.1) is 25.9 Å². The first-order valence-corrected chi connectivity index (χ1v) is 7.14. The molecule has 1 spiro atoms. The molecular formula is C14H17ClN2O3. The van der Waals surface area contributed by atoms with Crippen molar-refractivity contribution in [3.8, 4) is 0 Å². The molecule has 3 rings (SSSR count). The van der Waals surface area contributed by atoms with Gasteiger partial charge in [-0.2, -0.15) is 0 Å². The van der Waals surface area contributed by atoms with E-state index in [-0.39, 0.29) is 11.2 Å². The number of hydrogen-bond acceptors (Lipinski definition) is 5. The van der Waals surface area contributed by atoms with Crippen LogP contribution in [-0.4, -0.2) is 43.4 Å². The van der Waals surface area contributed by atoms with Crippen molar-refractivity contribution in [2.75, 3.05) is 31.8 Å². The average Bonchev–Trinajstić information content (AvgIpc) is 2.44. The van der Waals surface area contributed by atoms with Crippen LogP contribution in [0.25, 0.3) is 0 Å². The summed E-state index contributed by atoms with van der Waals surface area (Å²) >= 11 is 6.12. The molecule has 20 heavy (non-hydrogen) atoms. The first-order valence-electron chi connectivity index (χ1n) is 6.76. The van der Waals surface area contributed by atoms with Crippen LogP contribution >= 0.6 is 11.6 Å². The Morgan fingerprint density at radius 2 is 2.30 bits per heavy atom. The van der Waals surface area contributed by atoms with Gasteiger partial charge in [-0.3, -0.25) is 0 Å². The summed E-state index contributed by atoms with van der Waals surface area (Å²) in [5.41, 5.74) is 0.277. The summed E-state index contributed by atoms with van der Waals surface area (Å²) in [7, 11) is 1.34. The molecular weight excluding hydrogens is 280 g/mol. The third kappa shape index (κ3) is 2.25. The van der Waals surface area contributed by atoms with E-state index in [9.17, 15) is 4.79 Å². The van der Waals surface area contributed by atoms with E-state index in [1.165, 1.54) is 19.6 Å². The minimum Gasteiger partial charge on any atom is -0.464 e. The highest BCUT2D eigenvalue weighted by molar-refractivity contribution is 6.31. The van der Waals surface area contributed by atoms with Gasteiger partial charge in [-0.15, -0.1) is 0 Å². The number of methoxy groups -OCH3 is 1. The lowest BCUT2D eigenvalue weighted by Crippen LogP contribution is -2.61. The number of nitrogens with zero attached hydrogens (tertiary/aromatic N) is 2. The number of esters is 1. The first kappa shape index (κ1) is 13.6. The number of anilines is 1. The van der Waals surface area contributed by atoms with E-state index in [1.807, 2.05) is 0 Å². The summed E-state index contributed by atoms with van der Waals surface area (Å²) in [6.07, 6.45) is 3.38. The van der Waals surface area contributed by atoms with Crippen LogP contribution < -0.4 is 4.90 Å². The van der Waals surface area contributed by atoms with Crippen molar-refractivity contribution in [3.05, 3.63) is 22.8 Å². The molecule has 0 radical (unpaired) electrons. The van der Waals surface area contributed by atoms with Crippen LogP contribution in [0.2, 0.25) is 5.02 Å². The fourth-order valence-electron chi connectivity index (χ4n) is 2.92. The average molecular weight is 297 g/mol. The lowest BCUT2D eigenvalue weighted by atomic mass is 9.75. The van der Waals surface area contributed by atoms with E-state index < -0.39 is 5.97 Å². The molecule has 108 valence electrons. The number of carbonyl (C=O) groups is 1. The van der Waals surface area contributed by atoms with Crippen molar-refractivity contribution < 1.29 is 14.3 Å². The summed E-state index contributed by atoms with van der Waals surface area (Å²) in [4.78, 5) is 18.3. The molecule has 0 aromatic carbocycles. The second-order valence-corrected chi connectivity index (χ2v) is 5.74. The Morgan fingerprint density at radius 1 is 1.50 bits per heavy atom. The molecule has 1 aliphatic heterocycles. The van der Waals surface area contributed by atoms with Gasteiger partial charge in [-0.25, -0.2) is 9.78 Å². The maximum atomic E-state index is 11.7. The predicted octanol–water partition coefficient (Wildman–Crippen LogP) is 2.28. The van der Waals surface area contributed by atoms with E-state index in [0.717, 1.165) is 31.8 Å². The van der Waals surface area contributed by atoms with Gasteiger partial charge in [0.1, 0.15) is 5.82 Å². The maximum Gasteiger partial charge on any atom is 0.356 e. The Morgan fingerprint density at radius 3 is 2.95 bits per heavy atom. The number of carbonyl (C=O) groups excluding carboxylic acids is 1. The topological polar surface area (TPSA) is 51.7 Å². The lowest BCUT2D eigenvalue weighted by molar-refractivity contribution is 0.0128. The molecule has 1 aromatic heterocycles.